The molecule has 6 nitrogen and oxygen atoms in total. The third-order valence-corrected chi connectivity index (χ3v) is 5.18. The van der Waals surface area contributed by atoms with Crippen molar-refractivity contribution >= 4 is 11.9 Å². The monoisotopic (exact) mass is 364 g/mol. The first kappa shape index (κ1) is 20.2. The van der Waals surface area contributed by atoms with Gasteiger partial charge in [-0.3, -0.25) is 0 Å². The summed E-state index contributed by atoms with van der Waals surface area (Å²) >= 11 is 0. The smallest absolute Gasteiger partial charge is 0.330 e. The molecule has 0 N–H and O–H groups in total. The summed E-state index contributed by atoms with van der Waals surface area (Å²) in [5.74, 6) is 0.338. The number of allylic oxidation sites excluding steroid dienone is 1. The summed E-state index contributed by atoms with van der Waals surface area (Å²) in [6, 6.07) is 0. The topological polar surface area (TPSA) is 71.1 Å². The minimum absolute atomic E-state index is 0.122. The number of carbonyl (C=O) groups is 2. The Kier molecular flexibility index (Phi) is 6.29. The van der Waals surface area contributed by atoms with Gasteiger partial charge in [0.15, 0.2) is 0 Å². The van der Waals surface area contributed by atoms with Crippen LogP contribution in [0.3, 0.4) is 0 Å². The van der Waals surface area contributed by atoms with E-state index in [1.54, 1.807) is 34.1 Å². The first-order chi connectivity index (χ1) is 12.4. The molecule has 1 saturated carbocycles. The van der Waals surface area contributed by atoms with Gasteiger partial charge in [0.2, 0.25) is 0 Å². The van der Waals surface area contributed by atoms with Crippen LogP contribution >= 0.6 is 0 Å². The molecule has 0 saturated heterocycles. The molecule has 0 amide bonds. The van der Waals surface area contributed by atoms with Crippen LogP contribution in [0.1, 0.15) is 27.2 Å². The van der Waals surface area contributed by atoms with Crippen LogP contribution in [0.25, 0.3) is 0 Å². The lowest BCUT2D eigenvalue weighted by molar-refractivity contribution is -0.138. The molecule has 0 radical (unpaired) electrons. The minimum Gasteiger partial charge on any atom is -0.501 e. The molecule has 0 aromatic carbocycles. The molecule has 1 fully saturated rings. The molecule has 0 aromatic rings. The molecule has 6 heteroatoms. The van der Waals surface area contributed by atoms with E-state index in [1.165, 1.54) is 12.2 Å². The first-order valence-electron chi connectivity index (χ1n) is 8.90. The SMILES string of the molecule is CCOC(=O)/C=C/[C@@]1(OC)[C@@H]2C=C(OC)[C@@](C)(/C=C/C(=O)OCC)C[C@H]21. The highest BCUT2D eigenvalue weighted by Gasteiger charge is 2.66. The first-order valence-corrected chi connectivity index (χ1v) is 8.90. The molecular formula is C20H28O6. The summed E-state index contributed by atoms with van der Waals surface area (Å²) in [5, 5.41) is 0. The molecule has 2 aliphatic carbocycles. The third kappa shape index (κ3) is 3.85. The molecule has 0 unspecified atom stereocenters. The van der Waals surface area contributed by atoms with E-state index in [2.05, 4.69) is 0 Å². The molecule has 0 aliphatic heterocycles. The Morgan fingerprint density at radius 1 is 1.12 bits per heavy atom. The quantitative estimate of drug-likeness (QED) is 0.487. The van der Waals surface area contributed by atoms with Gasteiger partial charge in [0.1, 0.15) is 5.76 Å². The Hall–Kier alpha value is -2.08. The van der Waals surface area contributed by atoms with E-state index < -0.39 is 11.0 Å². The predicted molar refractivity (Wildman–Crippen MR) is 96.1 cm³/mol. The highest BCUT2D eigenvalue weighted by molar-refractivity contribution is 5.82. The molecule has 0 heterocycles. The Balaban J connectivity index is 2.21. The van der Waals surface area contributed by atoms with E-state index in [-0.39, 0.29) is 23.8 Å². The maximum Gasteiger partial charge on any atom is 0.330 e. The molecule has 144 valence electrons. The molecule has 4 atom stereocenters. The Labute approximate surface area is 154 Å². The minimum atomic E-state index is -0.550. The number of esters is 2. The van der Waals surface area contributed by atoms with Crippen molar-refractivity contribution in [3.05, 3.63) is 36.1 Å². The van der Waals surface area contributed by atoms with Crippen molar-refractivity contribution < 1.29 is 28.5 Å². The summed E-state index contributed by atoms with van der Waals surface area (Å²) in [6.07, 6.45) is 9.24. The number of fused-ring (bicyclic) bond motifs is 1. The number of ether oxygens (including phenoxy) is 4. The second kappa shape index (κ2) is 8.08. The molecule has 0 bridgehead atoms. The Bertz CT molecular complexity index is 634. The van der Waals surface area contributed by atoms with Crippen LogP contribution in [-0.4, -0.2) is 45.0 Å². The van der Waals surface area contributed by atoms with Gasteiger partial charge in [-0.05, 0) is 39.3 Å². The van der Waals surface area contributed by atoms with E-state index in [4.69, 9.17) is 18.9 Å². The average molecular weight is 364 g/mol. The van der Waals surface area contributed by atoms with Crippen LogP contribution in [0, 0.1) is 17.3 Å². The molecular weight excluding hydrogens is 336 g/mol. The van der Waals surface area contributed by atoms with E-state index in [0.29, 0.717) is 13.2 Å². The van der Waals surface area contributed by atoms with Gasteiger partial charge in [0, 0.05) is 36.5 Å². The zero-order valence-corrected chi connectivity index (χ0v) is 16.1. The molecule has 0 spiro atoms. The number of hydrogen-bond acceptors (Lipinski definition) is 6. The largest absolute Gasteiger partial charge is 0.501 e. The molecule has 2 rings (SSSR count). The van der Waals surface area contributed by atoms with Crippen molar-refractivity contribution in [2.24, 2.45) is 17.3 Å². The lowest BCUT2D eigenvalue weighted by Crippen LogP contribution is -2.23. The fourth-order valence-electron chi connectivity index (χ4n) is 3.80. The second-order valence-electron chi connectivity index (χ2n) is 6.72. The number of methoxy groups -OCH3 is 2. The van der Waals surface area contributed by atoms with Crippen molar-refractivity contribution in [2.75, 3.05) is 27.4 Å². The van der Waals surface area contributed by atoms with Crippen LogP contribution in [0.2, 0.25) is 0 Å². The van der Waals surface area contributed by atoms with Crippen molar-refractivity contribution in [1.82, 2.24) is 0 Å². The van der Waals surface area contributed by atoms with E-state index in [9.17, 15) is 9.59 Å². The molecule has 2 aliphatic rings. The number of carbonyl (C=O) groups excluding carboxylic acids is 2. The lowest BCUT2D eigenvalue weighted by atomic mass is 9.78. The van der Waals surface area contributed by atoms with Crippen molar-refractivity contribution in [1.29, 1.82) is 0 Å². The van der Waals surface area contributed by atoms with Gasteiger partial charge in [0.05, 0.1) is 25.9 Å². The van der Waals surface area contributed by atoms with Gasteiger partial charge in [-0.1, -0.05) is 6.08 Å². The average Bonchev–Trinajstić information content (AvgIpc) is 3.23. The van der Waals surface area contributed by atoms with Crippen molar-refractivity contribution in [3.8, 4) is 0 Å². The normalized spacial score (nSPS) is 32.9. The maximum absolute atomic E-state index is 11.7. The summed E-state index contributed by atoms with van der Waals surface area (Å²) in [5.41, 5.74) is -0.993. The summed E-state index contributed by atoms with van der Waals surface area (Å²) in [4.78, 5) is 23.3. The van der Waals surface area contributed by atoms with E-state index in [0.717, 1.165) is 12.2 Å². The number of rotatable bonds is 8. The summed E-state index contributed by atoms with van der Waals surface area (Å²) in [6.45, 7) is 6.22. The highest BCUT2D eigenvalue weighted by atomic mass is 16.5. The third-order valence-electron chi connectivity index (χ3n) is 5.18. The molecule has 26 heavy (non-hydrogen) atoms. The van der Waals surface area contributed by atoms with Gasteiger partial charge < -0.3 is 18.9 Å². The van der Waals surface area contributed by atoms with Gasteiger partial charge in [-0.2, -0.15) is 0 Å². The fourth-order valence-corrected chi connectivity index (χ4v) is 3.80. The predicted octanol–water partition coefficient (Wildman–Crippen LogP) is 2.80. The zero-order chi connectivity index (χ0) is 19.4. The summed E-state index contributed by atoms with van der Waals surface area (Å²) < 4.78 is 21.3. The van der Waals surface area contributed by atoms with Gasteiger partial charge in [0.25, 0.3) is 0 Å². The lowest BCUT2D eigenvalue weighted by Gasteiger charge is -2.30. The molecule has 0 aromatic heterocycles. The van der Waals surface area contributed by atoms with Crippen LogP contribution in [-0.2, 0) is 28.5 Å². The van der Waals surface area contributed by atoms with Crippen LogP contribution in [0.15, 0.2) is 36.1 Å². The van der Waals surface area contributed by atoms with Gasteiger partial charge in [-0.15, -0.1) is 0 Å². The Morgan fingerprint density at radius 3 is 2.19 bits per heavy atom. The van der Waals surface area contributed by atoms with Crippen molar-refractivity contribution in [3.63, 3.8) is 0 Å². The zero-order valence-electron chi connectivity index (χ0n) is 16.1. The summed E-state index contributed by atoms with van der Waals surface area (Å²) in [7, 11) is 3.26. The standard InChI is InChI=1S/C20H28O6/c1-6-25-17(21)8-10-19(3)13-15-14(12-16(19)23-4)20(15,24-5)11-9-18(22)26-7-2/h8-12,14-15H,6-7,13H2,1-5H3/b10-8+,11-9+/t14-,15-,19+,20-/m1/s1. The van der Waals surface area contributed by atoms with Gasteiger partial charge >= 0.3 is 11.9 Å². The Morgan fingerprint density at radius 2 is 1.69 bits per heavy atom. The van der Waals surface area contributed by atoms with E-state index in [1.807, 2.05) is 19.1 Å². The highest BCUT2D eigenvalue weighted by Crippen LogP contribution is 2.64. The van der Waals surface area contributed by atoms with Crippen LogP contribution in [0.4, 0.5) is 0 Å². The maximum atomic E-state index is 11.7. The fraction of sp³-hybridized carbons (Fsp3) is 0.600. The van der Waals surface area contributed by atoms with Crippen molar-refractivity contribution in [2.45, 2.75) is 32.8 Å². The van der Waals surface area contributed by atoms with Gasteiger partial charge in [-0.25, -0.2) is 9.59 Å². The van der Waals surface area contributed by atoms with Crippen LogP contribution in [0.5, 0.6) is 0 Å². The van der Waals surface area contributed by atoms with E-state index >= 15 is 0 Å². The number of hydrogen-bond donors (Lipinski definition) is 0. The second-order valence-corrected chi connectivity index (χ2v) is 6.72. The van der Waals surface area contributed by atoms with Crippen LogP contribution < -0.4 is 0 Å².